The summed E-state index contributed by atoms with van der Waals surface area (Å²) in [5.74, 6) is 0. The van der Waals surface area contributed by atoms with Crippen LogP contribution in [0.5, 0.6) is 0 Å². The second kappa shape index (κ2) is 8.59. The minimum Gasteiger partial charge on any atom is -0.325 e. The van der Waals surface area contributed by atoms with Crippen LogP contribution in [0.3, 0.4) is 0 Å². The number of pyridine rings is 1. The monoisotopic (exact) mass is 369 g/mol. The van der Waals surface area contributed by atoms with Gasteiger partial charge in [0, 0.05) is 30.2 Å². The normalized spacial score (nSPS) is 15.1. The summed E-state index contributed by atoms with van der Waals surface area (Å²) in [5.41, 5.74) is 2.57. The molecule has 1 aliphatic carbocycles. The number of carbonyl (C=O) groups excluding carboxylic acids is 1. The average Bonchev–Trinajstić information content (AvgIpc) is 2.68. The maximum absolute atomic E-state index is 13.2. The molecule has 0 spiro atoms. The van der Waals surface area contributed by atoms with E-state index >= 15 is 0 Å². The number of H-pyrrole nitrogens is 1. The van der Waals surface area contributed by atoms with Gasteiger partial charge in [-0.1, -0.05) is 30.9 Å². The largest absolute Gasteiger partial charge is 0.325 e. The molecule has 1 fully saturated rings. The molecular weight excluding hydrogens is 338 g/mol. The predicted octanol–water partition coefficient (Wildman–Crippen LogP) is 4.43. The Morgan fingerprint density at radius 3 is 2.48 bits per heavy atom. The number of urea groups is 1. The van der Waals surface area contributed by atoms with Crippen molar-refractivity contribution in [2.45, 2.75) is 65.5 Å². The molecule has 5 heteroatoms. The van der Waals surface area contributed by atoms with Crippen LogP contribution in [-0.2, 0) is 6.54 Å². The molecule has 1 N–H and O–H groups in total. The molecular formula is C22H31N3O2. The third-order valence-electron chi connectivity index (χ3n) is 5.71. The third-order valence-corrected chi connectivity index (χ3v) is 5.71. The molecule has 0 radical (unpaired) electrons. The van der Waals surface area contributed by atoms with Crippen LogP contribution in [0, 0.1) is 6.92 Å². The number of benzene rings is 1. The maximum Gasteiger partial charge on any atom is 0.320 e. The quantitative estimate of drug-likeness (QED) is 0.847. The molecule has 0 unspecified atom stereocenters. The number of amides is 2. The van der Waals surface area contributed by atoms with Crippen LogP contribution in [0.4, 0.5) is 4.79 Å². The van der Waals surface area contributed by atoms with Crippen LogP contribution < -0.4 is 5.56 Å². The second-order valence-electron chi connectivity index (χ2n) is 7.59. The zero-order chi connectivity index (χ0) is 19.4. The van der Waals surface area contributed by atoms with E-state index in [4.69, 9.17) is 0 Å². The lowest BCUT2D eigenvalue weighted by atomic mass is 9.94. The Hall–Kier alpha value is -2.30. The molecule has 146 valence electrons. The summed E-state index contributed by atoms with van der Waals surface area (Å²) >= 11 is 0. The fourth-order valence-electron chi connectivity index (χ4n) is 4.09. The Labute approximate surface area is 161 Å². The van der Waals surface area contributed by atoms with Gasteiger partial charge >= 0.3 is 6.03 Å². The molecule has 2 aromatic rings. The van der Waals surface area contributed by atoms with Crippen molar-refractivity contribution in [2.75, 3.05) is 13.1 Å². The Morgan fingerprint density at radius 2 is 1.81 bits per heavy atom. The number of aromatic nitrogens is 1. The van der Waals surface area contributed by atoms with Crippen molar-refractivity contribution >= 4 is 16.9 Å². The van der Waals surface area contributed by atoms with Crippen molar-refractivity contribution in [2.24, 2.45) is 0 Å². The highest BCUT2D eigenvalue weighted by Gasteiger charge is 2.28. The van der Waals surface area contributed by atoms with Gasteiger partial charge in [0.1, 0.15) is 0 Å². The molecule has 0 saturated heterocycles. The summed E-state index contributed by atoms with van der Waals surface area (Å²) in [6, 6.07) is 8.24. The number of fused-ring (bicyclic) bond motifs is 1. The molecule has 1 aromatic heterocycles. The maximum atomic E-state index is 13.2. The standard InChI is InChI=1S/C22H31N3O2/c1-4-24(5-2)22(27)25(19-9-7-6-8-10-19)15-18-14-17-13-16(3)11-12-20(17)23-21(18)26/h11-14,19H,4-10,15H2,1-3H3,(H,23,26). The topological polar surface area (TPSA) is 56.4 Å². The molecule has 0 bridgehead atoms. The van der Waals surface area contributed by atoms with Gasteiger partial charge in [0.25, 0.3) is 5.56 Å². The number of hydrogen-bond acceptors (Lipinski definition) is 2. The van der Waals surface area contributed by atoms with Gasteiger partial charge in [-0.25, -0.2) is 4.79 Å². The highest BCUT2D eigenvalue weighted by Crippen LogP contribution is 2.25. The van der Waals surface area contributed by atoms with Crippen molar-refractivity contribution < 1.29 is 4.79 Å². The van der Waals surface area contributed by atoms with Crippen LogP contribution in [-0.4, -0.2) is 39.9 Å². The lowest BCUT2D eigenvalue weighted by Gasteiger charge is -2.37. The first-order chi connectivity index (χ1) is 13.0. The van der Waals surface area contributed by atoms with E-state index in [-0.39, 0.29) is 17.6 Å². The third kappa shape index (κ3) is 4.34. The first kappa shape index (κ1) is 19.5. The Morgan fingerprint density at radius 1 is 1.11 bits per heavy atom. The summed E-state index contributed by atoms with van der Waals surface area (Å²) in [7, 11) is 0. The van der Waals surface area contributed by atoms with Gasteiger partial charge in [-0.3, -0.25) is 4.79 Å². The summed E-state index contributed by atoms with van der Waals surface area (Å²) in [4.78, 5) is 32.6. The lowest BCUT2D eigenvalue weighted by molar-refractivity contribution is 0.118. The van der Waals surface area contributed by atoms with E-state index in [1.165, 1.54) is 6.42 Å². The molecule has 27 heavy (non-hydrogen) atoms. The lowest BCUT2D eigenvalue weighted by Crippen LogP contribution is -2.48. The molecule has 1 heterocycles. The van der Waals surface area contributed by atoms with E-state index in [1.54, 1.807) is 0 Å². The number of nitrogens with zero attached hydrogens (tertiary/aromatic N) is 2. The van der Waals surface area contributed by atoms with Crippen LogP contribution in [0.25, 0.3) is 10.9 Å². The summed E-state index contributed by atoms with van der Waals surface area (Å²) in [6.45, 7) is 7.80. The molecule has 3 rings (SSSR count). The van der Waals surface area contributed by atoms with E-state index in [9.17, 15) is 9.59 Å². The predicted molar refractivity (Wildman–Crippen MR) is 110 cm³/mol. The van der Waals surface area contributed by atoms with Crippen LogP contribution in [0.15, 0.2) is 29.1 Å². The number of hydrogen-bond donors (Lipinski definition) is 1. The Bertz CT molecular complexity index is 848. The molecule has 1 saturated carbocycles. The van der Waals surface area contributed by atoms with E-state index in [0.717, 1.165) is 42.1 Å². The Balaban J connectivity index is 1.95. The van der Waals surface area contributed by atoms with Crippen LogP contribution >= 0.6 is 0 Å². The summed E-state index contributed by atoms with van der Waals surface area (Å²) in [5, 5.41) is 1.02. The number of nitrogens with one attached hydrogen (secondary N) is 1. The van der Waals surface area contributed by atoms with Gasteiger partial charge in [0.05, 0.1) is 6.54 Å². The molecule has 1 aliphatic rings. The molecule has 0 atom stereocenters. The van der Waals surface area contributed by atoms with Crippen LogP contribution in [0.1, 0.15) is 57.1 Å². The fraction of sp³-hybridized carbons (Fsp3) is 0.545. The van der Waals surface area contributed by atoms with Crippen molar-refractivity contribution in [3.8, 4) is 0 Å². The average molecular weight is 370 g/mol. The van der Waals surface area contributed by atoms with Crippen molar-refractivity contribution in [3.05, 3.63) is 45.7 Å². The summed E-state index contributed by atoms with van der Waals surface area (Å²) in [6.07, 6.45) is 5.59. The first-order valence-electron chi connectivity index (χ1n) is 10.2. The second-order valence-corrected chi connectivity index (χ2v) is 7.59. The SMILES string of the molecule is CCN(CC)C(=O)N(Cc1cc2cc(C)ccc2[nH]c1=O)C1CCCCC1. The van der Waals surface area contributed by atoms with Gasteiger partial charge in [0.2, 0.25) is 0 Å². The zero-order valence-electron chi connectivity index (χ0n) is 16.8. The van der Waals surface area contributed by atoms with Gasteiger partial charge in [-0.05, 0) is 57.2 Å². The van der Waals surface area contributed by atoms with E-state index in [0.29, 0.717) is 25.2 Å². The number of carbonyl (C=O) groups is 1. The number of aryl methyl sites for hydroxylation is 1. The molecule has 2 amide bonds. The first-order valence-corrected chi connectivity index (χ1v) is 10.2. The van der Waals surface area contributed by atoms with Gasteiger partial charge < -0.3 is 14.8 Å². The molecule has 5 nitrogen and oxygen atoms in total. The van der Waals surface area contributed by atoms with E-state index < -0.39 is 0 Å². The van der Waals surface area contributed by atoms with Crippen molar-refractivity contribution in [1.82, 2.24) is 14.8 Å². The fourth-order valence-corrected chi connectivity index (χ4v) is 4.09. The highest BCUT2D eigenvalue weighted by molar-refractivity contribution is 5.80. The minimum absolute atomic E-state index is 0.0515. The molecule has 0 aliphatic heterocycles. The summed E-state index contributed by atoms with van der Waals surface area (Å²) < 4.78 is 0. The molecule has 1 aromatic carbocycles. The Kier molecular flexibility index (Phi) is 6.19. The highest BCUT2D eigenvalue weighted by atomic mass is 16.2. The van der Waals surface area contributed by atoms with E-state index in [1.807, 2.05) is 48.8 Å². The van der Waals surface area contributed by atoms with Gasteiger partial charge in [-0.15, -0.1) is 0 Å². The number of rotatable bonds is 5. The van der Waals surface area contributed by atoms with Gasteiger partial charge in [-0.2, -0.15) is 0 Å². The van der Waals surface area contributed by atoms with Crippen molar-refractivity contribution in [1.29, 1.82) is 0 Å². The number of aromatic amines is 1. The van der Waals surface area contributed by atoms with Gasteiger partial charge in [0.15, 0.2) is 0 Å². The minimum atomic E-state index is -0.0977. The smallest absolute Gasteiger partial charge is 0.320 e. The zero-order valence-corrected chi connectivity index (χ0v) is 16.8. The van der Waals surface area contributed by atoms with Crippen molar-refractivity contribution in [3.63, 3.8) is 0 Å². The van der Waals surface area contributed by atoms with E-state index in [2.05, 4.69) is 11.1 Å². The van der Waals surface area contributed by atoms with Crippen LogP contribution in [0.2, 0.25) is 0 Å².